The fourth-order valence-corrected chi connectivity index (χ4v) is 3.29. The molecular weight excluding hydrogens is 280 g/mol. The molecule has 0 radical (unpaired) electrons. The predicted octanol–water partition coefficient (Wildman–Crippen LogP) is 5.72. The SMILES string of the molecule is Sc1ccc2c(ccc3c4ccc(S)cc4ccc23)c1. The lowest BCUT2D eigenvalue weighted by Crippen LogP contribution is -1.81. The largest absolute Gasteiger partial charge is 0.143 e. The molecule has 0 aromatic heterocycles. The van der Waals surface area contributed by atoms with Crippen molar-refractivity contribution in [2.24, 2.45) is 0 Å². The second-order valence-electron chi connectivity index (χ2n) is 5.04. The van der Waals surface area contributed by atoms with E-state index in [-0.39, 0.29) is 0 Å². The van der Waals surface area contributed by atoms with Crippen LogP contribution in [0.15, 0.2) is 70.5 Å². The Morgan fingerprint density at radius 1 is 0.450 bits per heavy atom. The minimum absolute atomic E-state index is 0.998. The van der Waals surface area contributed by atoms with Gasteiger partial charge in [-0.1, -0.05) is 36.4 Å². The van der Waals surface area contributed by atoms with Gasteiger partial charge in [-0.2, -0.15) is 0 Å². The van der Waals surface area contributed by atoms with Crippen LogP contribution in [0.25, 0.3) is 32.3 Å². The summed E-state index contributed by atoms with van der Waals surface area (Å²) < 4.78 is 0. The van der Waals surface area contributed by atoms with E-state index in [0.29, 0.717) is 0 Å². The van der Waals surface area contributed by atoms with E-state index in [1.54, 1.807) is 0 Å². The fraction of sp³-hybridized carbons (Fsp3) is 0. The van der Waals surface area contributed by atoms with Gasteiger partial charge in [0.1, 0.15) is 0 Å². The van der Waals surface area contributed by atoms with Crippen LogP contribution in [-0.2, 0) is 0 Å². The van der Waals surface area contributed by atoms with E-state index in [0.717, 1.165) is 9.79 Å². The molecule has 4 aromatic carbocycles. The molecule has 0 N–H and O–H groups in total. The third kappa shape index (κ3) is 1.80. The second kappa shape index (κ2) is 4.44. The summed E-state index contributed by atoms with van der Waals surface area (Å²) >= 11 is 8.83. The van der Waals surface area contributed by atoms with Crippen molar-refractivity contribution in [3.8, 4) is 0 Å². The average molecular weight is 292 g/mol. The van der Waals surface area contributed by atoms with Crippen LogP contribution in [0, 0.1) is 0 Å². The Morgan fingerprint density at radius 2 is 0.850 bits per heavy atom. The Morgan fingerprint density at radius 3 is 1.30 bits per heavy atom. The average Bonchev–Trinajstić information content (AvgIpc) is 2.45. The van der Waals surface area contributed by atoms with Crippen LogP contribution in [-0.4, -0.2) is 0 Å². The van der Waals surface area contributed by atoms with Crippen LogP contribution in [0.4, 0.5) is 0 Å². The van der Waals surface area contributed by atoms with Gasteiger partial charge >= 0.3 is 0 Å². The predicted molar refractivity (Wildman–Crippen MR) is 93.5 cm³/mol. The van der Waals surface area contributed by atoms with Crippen LogP contribution in [0.1, 0.15) is 0 Å². The lowest BCUT2D eigenvalue weighted by atomic mass is 9.97. The van der Waals surface area contributed by atoms with Gasteiger partial charge in [-0.25, -0.2) is 0 Å². The summed E-state index contributed by atoms with van der Waals surface area (Å²) in [7, 11) is 0. The third-order valence-corrected chi connectivity index (χ3v) is 4.36. The van der Waals surface area contributed by atoms with Crippen LogP contribution in [0.5, 0.6) is 0 Å². The van der Waals surface area contributed by atoms with Gasteiger partial charge in [-0.3, -0.25) is 0 Å². The topological polar surface area (TPSA) is 0 Å². The smallest absolute Gasteiger partial charge is 0.00463 e. The molecule has 0 spiro atoms. The highest BCUT2D eigenvalue weighted by atomic mass is 32.1. The quantitative estimate of drug-likeness (QED) is 0.300. The molecule has 0 nitrogen and oxygen atoms in total. The number of hydrogen-bond donors (Lipinski definition) is 2. The molecule has 0 fully saturated rings. The second-order valence-corrected chi connectivity index (χ2v) is 6.07. The molecule has 0 saturated heterocycles. The molecule has 0 aliphatic carbocycles. The molecule has 0 saturated carbocycles. The molecule has 96 valence electrons. The van der Waals surface area contributed by atoms with Crippen LogP contribution >= 0.6 is 25.3 Å². The van der Waals surface area contributed by atoms with E-state index in [4.69, 9.17) is 0 Å². The van der Waals surface area contributed by atoms with E-state index in [2.05, 4.69) is 73.8 Å². The first-order chi connectivity index (χ1) is 9.72. The van der Waals surface area contributed by atoms with Crippen molar-refractivity contribution in [3.05, 3.63) is 60.7 Å². The first-order valence-corrected chi connectivity index (χ1v) is 7.39. The van der Waals surface area contributed by atoms with Crippen LogP contribution < -0.4 is 0 Å². The van der Waals surface area contributed by atoms with E-state index in [9.17, 15) is 0 Å². The Bertz CT molecular complexity index is 890. The molecule has 0 aliphatic heterocycles. The van der Waals surface area contributed by atoms with Gasteiger partial charge in [-0.15, -0.1) is 25.3 Å². The van der Waals surface area contributed by atoms with Gasteiger partial charge in [0, 0.05) is 9.79 Å². The van der Waals surface area contributed by atoms with E-state index < -0.39 is 0 Å². The summed E-state index contributed by atoms with van der Waals surface area (Å²) in [5, 5.41) is 7.59. The van der Waals surface area contributed by atoms with Crippen molar-refractivity contribution in [2.75, 3.05) is 0 Å². The highest BCUT2D eigenvalue weighted by Gasteiger charge is 2.05. The van der Waals surface area contributed by atoms with Gasteiger partial charge in [0.15, 0.2) is 0 Å². The lowest BCUT2D eigenvalue weighted by Gasteiger charge is -2.08. The number of fused-ring (bicyclic) bond motifs is 5. The maximum Gasteiger partial charge on any atom is 0.00463 e. The third-order valence-electron chi connectivity index (χ3n) is 3.80. The molecule has 0 amide bonds. The van der Waals surface area contributed by atoms with Gasteiger partial charge in [-0.05, 0) is 56.6 Å². The summed E-state index contributed by atoms with van der Waals surface area (Å²) in [6.07, 6.45) is 0. The molecular formula is C18H12S2. The highest BCUT2D eigenvalue weighted by Crippen LogP contribution is 2.32. The van der Waals surface area contributed by atoms with Crippen molar-refractivity contribution in [1.29, 1.82) is 0 Å². The van der Waals surface area contributed by atoms with Crippen molar-refractivity contribution in [3.63, 3.8) is 0 Å². The van der Waals surface area contributed by atoms with Crippen LogP contribution in [0.2, 0.25) is 0 Å². The Hall–Kier alpha value is -1.64. The molecule has 2 heteroatoms. The summed E-state index contributed by atoms with van der Waals surface area (Å²) in [5.74, 6) is 0. The molecule has 4 rings (SSSR count). The van der Waals surface area contributed by atoms with Gasteiger partial charge in [0.2, 0.25) is 0 Å². The number of hydrogen-bond acceptors (Lipinski definition) is 2. The molecule has 0 bridgehead atoms. The Balaban J connectivity index is 2.21. The zero-order valence-corrected chi connectivity index (χ0v) is 12.5. The summed E-state index contributed by atoms with van der Waals surface area (Å²) in [4.78, 5) is 2.00. The summed E-state index contributed by atoms with van der Waals surface area (Å²) in [6.45, 7) is 0. The van der Waals surface area contributed by atoms with Crippen LogP contribution in [0.3, 0.4) is 0 Å². The molecule has 0 heterocycles. The van der Waals surface area contributed by atoms with Gasteiger partial charge in [0.25, 0.3) is 0 Å². The first kappa shape index (κ1) is 12.1. The van der Waals surface area contributed by atoms with E-state index in [1.807, 2.05) is 12.1 Å². The van der Waals surface area contributed by atoms with Gasteiger partial charge in [0.05, 0.1) is 0 Å². The van der Waals surface area contributed by atoms with Gasteiger partial charge < -0.3 is 0 Å². The maximum atomic E-state index is 4.42. The standard InChI is InChI=1S/C18H12S2/c19-13-3-7-15-11(9-13)1-5-17-16-8-4-14(20)10-12(16)2-6-18(15)17/h1-10,19-20H. The summed E-state index contributed by atoms with van der Waals surface area (Å²) in [6, 6.07) is 21.4. The monoisotopic (exact) mass is 292 g/mol. The molecule has 20 heavy (non-hydrogen) atoms. The van der Waals surface area contributed by atoms with Crippen molar-refractivity contribution < 1.29 is 0 Å². The van der Waals surface area contributed by atoms with Crippen molar-refractivity contribution >= 4 is 57.6 Å². The van der Waals surface area contributed by atoms with Crippen molar-refractivity contribution in [2.45, 2.75) is 9.79 Å². The summed E-state index contributed by atoms with van der Waals surface area (Å²) in [5.41, 5.74) is 0. The minimum Gasteiger partial charge on any atom is -0.143 e. The number of thiol groups is 2. The minimum atomic E-state index is 0.998. The molecule has 4 aromatic rings. The normalized spacial score (nSPS) is 11.5. The Kier molecular flexibility index (Phi) is 2.69. The number of benzene rings is 4. The van der Waals surface area contributed by atoms with E-state index >= 15 is 0 Å². The molecule has 0 aliphatic rings. The van der Waals surface area contributed by atoms with E-state index in [1.165, 1.54) is 32.3 Å². The molecule has 0 unspecified atom stereocenters. The molecule has 0 atom stereocenters. The number of rotatable bonds is 0. The Labute approximate surface area is 128 Å². The highest BCUT2D eigenvalue weighted by molar-refractivity contribution is 7.80. The first-order valence-electron chi connectivity index (χ1n) is 6.49. The fourth-order valence-electron chi connectivity index (χ4n) is 2.86. The zero-order valence-electron chi connectivity index (χ0n) is 10.7. The maximum absolute atomic E-state index is 4.42. The van der Waals surface area contributed by atoms with Crippen molar-refractivity contribution in [1.82, 2.24) is 0 Å². The lowest BCUT2D eigenvalue weighted by molar-refractivity contribution is 1.53. The zero-order chi connectivity index (χ0) is 13.7.